The van der Waals surface area contributed by atoms with Gasteiger partial charge in [0, 0.05) is 24.1 Å². The molecule has 3 nitrogen and oxygen atoms in total. The first-order valence-corrected chi connectivity index (χ1v) is 7.02. The van der Waals surface area contributed by atoms with Crippen molar-refractivity contribution in [2.24, 2.45) is 5.41 Å². The monoisotopic (exact) mass is 265 g/mol. The van der Waals surface area contributed by atoms with Crippen LogP contribution in [-0.4, -0.2) is 25.8 Å². The quantitative estimate of drug-likeness (QED) is 0.780. The van der Waals surface area contributed by atoms with E-state index in [1.54, 1.807) is 0 Å². The summed E-state index contributed by atoms with van der Waals surface area (Å²) in [5, 5.41) is 3.45. The van der Waals surface area contributed by atoms with E-state index >= 15 is 0 Å². The zero-order valence-electron chi connectivity index (χ0n) is 12.8. The number of ether oxygens (including phenoxy) is 2. The molecule has 1 rings (SSSR count). The summed E-state index contributed by atoms with van der Waals surface area (Å²) in [6, 6.07) is 8.31. The van der Waals surface area contributed by atoms with E-state index in [0.29, 0.717) is 19.3 Å². The topological polar surface area (TPSA) is 30.5 Å². The predicted octanol–water partition coefficient (Wildman–Crippen LogP) is 3.49. The summed E-state index contributed by atoms with van der Waals surface area (Å²) in [6.07, 6.45) is 0. The Morgan fingerprint density at radius 2 is 1.79 bits per heavy atom. The summed E-state index contributed by atoms with van der Waals surface area (Å²) < 4.78 is 11.3. The van der Waals surface area contributed by atoms with Crippen molar-refractivity contribution >= 4 is 0 Å². The fourth-order valence-electron chi connectivity index (χ4n) is 1.63. The van der Waals surface area contributed by atoms with Crippen molar-refractivity contribution in [2.45, 2.75) is 40.7 Å². The van der Waals surface area contributed by atoms with Gasteiger partial charge in [0.2, 0.25) is 0 Å². The zero-order chi connectivity index (χ0) is 14.3. The molecule has 0 bridgehead atoms. The van der Waals surface area contributed by atoms with E-state index in [1.165, 1.54) is 0 Å². The molecule has 0 spiro atoms. The third kappa shape index (κ3) is 6.48. The van der Waals surface area contributed by atoms with E-state index in [9.17, 15) is 0 Å². The van der Waals surface area contributed by atoms with Crippen molar-refractivity contribution in [1.29, 1.82) is 0 Å². The van der Waals surface area contributed by atoms with Gasteiger partial charge in [0.1, 0.15) is 11.5 Å². The average Bonchev–Trinajstić information content (AvgIpc) is 2.35. The minimum Gasteiger partial charge on any atom is -0.494 e. The summed E-state index contributed by atoms with van der Waals surface area (Å²) in [6.45, 7) is 13.0. The van der Waals surface area contributed by atoms with Gasteiger partial charge in [0.15, 0.2) is 0 Å². The smallest absolute Gasteiger partial charge is 0.123 e. The van der Waals surface area contributed by atoms with Gasteiger partial charge in [-0.15, -0.1) is 0 Å². The standard InChI is InChI=1S/C16H27NO2/c1-6-18-14-8-7-9-15(10-14)19-12-16(4,5)11-17-13(2)3/h7-10,13,17H,6,11-12H2,1-5H3. The molecule has 19 heavy (non-hydrogen) atoms. The first-order valence-electron chi connectivity index (χ1n) is 7.02. The van der Waals surface area contributed by atoms with E-state index in [-0.39, 0.29) is 5.41 Å². The summed E-state index contributed by atoms with van der Waals surface area (Å²) in [5.74, 6) is 1.72. The van der Waals surface area contributed by atoms with Crippen molar-refractivity contribution in [1.82, 2.24) is 5.32 Å². The third-order valence-corrected chi connectivity index (χ3v) is 2.73. The second kappa shape index (κ2) is 7.39. The number of hydrogen-bond donors (Lipinski definition) is 1. The van der Waals surface area contributed by atoms with Crippen molar-refractivity contribution in [2.75, 3.05) is 19.8 Å². The van der Waals surface area contributed by atoms with Gasteiger partial charge < -0.3 is 14.8 Å². The highest BCUT2D eigenvalue weighted by molar-refractivity contribution is 5.32. The molecule has 1 aromatic carbocycles. The Labute approximate surface area is 117 Å². The Balaban J connectivity index is 2.48. The van der Waals surface area contributed by atoms with Gasteiger partial charge in [0.05, 0.1) is 13.2 Å². The van der Waals surface area contributed by atoms with E-state index in [0.717, 1.165) is 18.0 Å². The molecule has 0 unspecified atom stereocenters. The van der Waals surface area contributed by atoms with E-state index in [4.69, 9.17) is 9.47 Å². The van der Waals surface area contributed by atoms with Gasteiger partial charge in [0.25, 0.3) is 0 Å². The molecule has 0 atom stereocenters. The molecule has 0 aliphatic carbocycles. The molecule has 0 saturated heterocycles. The lowest BCUT2D eigenvalue weighted by Crippen LogP contribution is -2.37. The molecular weight excluding hydrogens is 238 g/mol. The number of benzene rings is 1. The summed E-state index contributed by atoms with van der Waals surface area (Å²) in [4.78, 5) is 0. The minimum atomic E-state index is 0.103. The summed E-state index contributed by atoms with van der Waals surface area (Å²) >= 11 is 0. The van der Waals surface area contributed by atoms with Crippen LogP contribution in [0.4, 0.5) is 0 Å². The van der Waals surface area contributed by atoms with Gasteiger partial charge in [-0.1, -0.05) is 33.8 Å². The van der Waals surface area contributed by atoms with E-state index < -0.39 is 0 Å². The van der Waals surface area contributed by atoms with Crippen LogP contribution in [0.5, 0.6) is 11.5 Å². The Bertz CT molecular complexity index is 375. The fourth-order valence-corrected chi connectivity index (χ4v) is 1.63. The molecule has 0 amide bonds. The van der Waals surface area contributed by atoms with Gasteiger partial charge >= 0.3 is 0 Å². The number of hydrogen-bond acceptors (Lipinski definition) is 3. The van der Waals surface area contributed by atoms with E-state index in [1.807, 2.05) is 31.2 Å². The molecule has 0 saturated carbocycles. The lowest BCUT2D eigenvalue weighted by atomic mass is 9.94. The predicted molar refractivity (Wildman–Crippen MR) is 80.0 cm³/mol. The molecule has 108 valence electrons. The van der Waals surface area contributed by atoms with Crippen LogP contribution in [0.25, 0.3) is 0 Å². The molecule has 0 fully saturated rings. The van der Waals surface area contributed by atoms with Crippen LogP contribution in [0, 0.1) is 5.41 Å². The van der Waals surface area contributed by atoms with Crippen LogP contribution in [0.1, 0.15) is 34.6 Å². The summed E-state index contributed by atoms with van der Waals surface area (Å²) in [5.41, 5.74) is 0.103. The van der Waals surface area contributed by atoms with Crippen LogP contribution in [-0.2, 0) is 0 Å². The van der Waals surface area contributed by atoms with Crippen molar-refractivity contribution in [3.8, 4) is 11.5 Å². The number of nitrogens with one attached hydrogen (secondary N) is 1. The molecule has 0 aliphatic rings. The molecule has 0 aliphatic heterocycles. The fraction of sp³-hybridized carbons (Fsp3) is 0.625. The lowest BCUT2D eigenvalue weighted by molar-refractivity contribution is 0.173. The van der Waals surface area contributed by atoms with Crippen LogP contribution < -0.4 is 14.8 Å². The molecular formula is C16H27NO2. The van der Waals surface area contributed by atoms with Crippen LogP contribution in [0.15, 0.2) is 24.3 Å². The maximum atomic E-state index is 5.87. The Kier molecular flexibility index (Phi) is 6.16. The Hall–Kier alpha value is -1.22. The van der Waals surface area contributed by atoms with Gasteiger partial charge in [-0.2, -0.15) is 0 Å². The molecule has 3 heteroatoms. The summed E-state index contributed by atoms with van der Waals surface area (Å²) in [7, 11) is 0. The number of rotatable bonds is 8. The SMILES string of the molecule is CCOc1cccc(OCC(C)(C)CNC(C)C)c1. The molecule has 1 aromatic rings. The second-order valence-corrected chi connectivity index (χ2v) is 5.90. The van der Waals surface area contributed by atoms with Crippen molar-refractivity contribution in [3.05, 3.63) is 24.3 Å². The highest BCUT2D eigenvalue weighted by atomic mass is 16.5. The highest BCUT2D eigenvalue weighted by Gasteiger charge is 2.19. The molecule has 0 aromatic heterocycles. The zero-order valence-corrected chi connectivity index (χ0v) is 12.8. The second-order valence-electron chi connectivity index (χ2n) is 5.90. The van der Waals surface area contributed by atoms with Gasteiger partial charge in [-0.25, -0.2) is 0 Å². The maximum absolute atomic E-state index is 5.87. The first kappa shape index (κ1) is 15.8. The Morgan fingerprint density at radius 3 is 2.37 bits per heavy atom. The highest BCUT2D eigenvalue weighted by Crippen LogP contribution is 2.22. The van der Waals surface area contributed by atoms with Crippen molar-refractivity contribution < 1.29 is 9.47 Å². The molecule has 0 heterocycles. The van der Waals surface area contributed by atoms with Gasteiger partial charge in [-0.05, 0) is 19.1 Å². The van der Waals surface area contributed by atoms with Gasteiger partial charge in [-0.3, -0.25) is 0 Å². The van der Waals surface area contributed by atoms with E-state index in [2.05, 4.69) is 33.0 Å². The maximum Gasteiger partial charge on any atom is 0.123 e. The Morgan fingerprint density at radius 1 is 1.16 bits per heavy atom. The van der Waals surface area contributed by atoms with Crippen LogP contribution >= 0.6 is 0 Å². The molecule has 1 N–H and O–H groups in total. The van der Waals surface area contributed by atoms with Crippen LogP contribution in [0.3, 0.4) is 0 Å². The lowest BCUT2D eigenvalue weighted by Gasteiger charge is -2.26. The molecule has 0 radical (unpaired) electrons. The third-order valence-electron chi connectivity index (χ3n) is 2.73. The first-order chi connectivity index (χ1) is 8.93. The van der Waals surface area contributed by atoms with Crippen LogP contribution in [0.2, 0.25) is 0 Å². The largest absolute Gasteiger partial charge is 0.494 e. The minimum absolute atomic E-state index is 0.103. The normalized spacial score (nSPS) is 11.7. The average molecular weight is 265 g/mol. The van der Waals surface area contributed by atoms with Crippen molar-refractivity contribution in [3.63, 3.8) is 0 Å².